The molecule has 1 N–H and O–H groups in total. The van der Waals surface area contributed by atoms with Crippen molar-refractivity contribution in [2.24, 2.45) is 5.92 Å². The molecule has 2 atom stereocenters. The molecule has 1 aliphatic heterocycles. The minimum Gasteiger partial charge on any atom is -0.497 e. The van der Waals surface area contributed by atoms with Gasteiger partial charge in [0.1, 0.15) is 5.75 Å². The Bertz CT molecular complexity index is 320. The molecule has 0 amide bonds. The van der Waals surface area contributed by atoms with Crippen LogP contribution in [0.4, 0.5) is 0 Å². The van der Waals surface area contributed by atoms with E-state index >= 15 is 0 Å². The van der Waals surface area contributed by atoms with Crippen molar-refractivity contribution < 1.29 is 4.74 Å². The van der Waals surface area contributed by atoms with Gasteiger partial charge in [0, 0.05) is 6.04 Å². The van der Waals surface area contributed by atoms with E-state index in [1.54, 1.807) is 7.11 Å². The molecule has 2 unspecified atom stereocenters. The van der Waals surface area contributed by atoms with Crippen LogP contribution in [0, 0.1) is 5.92 Å². The topological polar surface area (TPSA) is 21.3 Å². The van der Waals surface area contributed by atoms with E-state index in [1.807, 2.05) is 12.1 Å². The van der Waals surface area contributed by atoms with Gasteiger partial charge in [0.2, 0.25) is 0 Å². The van der Waals surface area contributed by atoms with Crippen LogP contribution < -0.4 is 10.1 Å². The number of nitrogens with one attached hydrogen (secondary N) is 1. The number of hydrogen-bond donors (Lipinski definition) is 1. The van der Waals surface area contributed by atoms with Crippen molar-refractivity contribution in [1.82, 2.24) is 5.32 Å². The lowest BCUT2D eigenvalue weighted by Gasteiger charge is -2.18. The van der Waals surface area contributed by atoms with E-state index < -0.39 is 0 Å². The summed E-state index contributed by atoms with van der Waals surface area (Å²) < 4.78 is 5.17. The van der Waals surface area contributed by atoms with Crippen molar-refractivity contribution in [1.29, 1.82) is 0 Å². The molecule has 1 fully saturated rings. The van der Waals surface area contributed by atoms with Gasteiger partial charge in [-0.1, -0.05) is 25.5 Å². The highest BCUT2D eigenvalue weighted by molar-refractivity contribution is 5.27. The Kier molecular flexibility index (Phi) is 3.83. The quantitative estimate of drug-likeness (QED) is 0.840. The Labute approximate surface area is 98.0 Å². The highest BCUT2D eigenvalue weighted by Gasteiger charge is 2.24. The van der Waals surface area contributed by atoms with Gasteiger partial charge in [-0.2, -0.15) is 0 Å². The van der Waals surface area contributed by atoms with E-state index in [0.717, 1.165) is 18.1 Å². The van der Waals surface area contributed by atoms with E-state index in [4.69, 9.17) is 4.74 Å². The minimum absolute atomic E-state index is 0.665. The summed E-state index contributed by atoms with van der Waals surface area (Å²) in [6, 6.07) is 9.10. The molecular weight excluding hydrogens is 198 g/mol. The zero-order chi connectivity index (χ0) is 11.4. The van der Waals surface area contributed by atoms with Crippen LogP contribution in [0.15, 0.2) is 24.3 Å². The summed E-state index contributed by atoms with van der Waals surface area (Å²) in [5.41, 5.74) is 1.40. The Morgan fingerprint density at radius 3 is 2.69 bits per heavy atom. The third kappa shape index (κ3) is 2.56. The maximum atomic E-state index is 5.17. The van der Waals surface area contributed by atoms with E-state index in [1.165, 1.54) is 24.9 Å². The van der Waals surface area contributed by atoms with Gasteiger partial charge < -0.3 is 10.1 Å². The molecule has 2 rings (SSSR count). The summed E-state index contributed by atoms with van der Waals surface area (Å²) in [5.74, 6) is 1.79. The van der Waals surface area contributed by atoms with Crippen LogP contribution in [0.1, 0.15) is 25.3 Å². The van der Waals surface area contributed by atoms with Gasteiger partial charge in [-0.25, -0.2) is 0 Å². The molecule has 0 spiro atoms. The van der Waals surface area contributed by atoms with Crippen LogP contribution in [0.25, 0.3) is 0 Å². The standard InChI is InChI=1S/C14H21NO/c1-3-12-8-9-15-14(12)10-11-4-6-13(16-2)7-5-11/h4-7,12,14-15H,3,8-10H2,1-2H3. The largest absolute Gasteiger partial charge is 0.497 e. The van der Waals surface area contributed by atoms with Crippen LogP contribution in [0.2, 0.25) is 0 Å². The highest BCUT2D eigenvalue weighted by atomic mass is 16.5. The van der Waals surface area contributed by atoms with E-state index in [0.29, 0.717) is 6.04 Å². The number of methoxy groups -OCH3 is 1. The van der Waals surface area contributed by atoms with Crippen molar-refractivity contribution in [2.75, 3.05) is 13.7 Å². The first-order valence-corrected chi connectivity index (χ1v) is 6.19. The number of rotatable bonds is 4. The molecule has 2 nitrogen and oxygen atoms in total. The van der Waals surface area contributed by atoms with Crippen molar-refractivity contribution in [3.63, 3.8) is 0 Å². The zero-order valence-corrected chi connectivity index (χ0v) is 10.2. The van der Waals surface area contributed by atoms with Crippen LogP contribution >= 0.6 is 0 Å². The number of ether oxygens (including phenoxy) is 1. The summed E-state index contributed by atoms with van der Waals surface area (Å²) in [5, 5.41) is 3.60. The summed E-state index contributed by atoms with van der Waals surface area (Å²) >= 11 is 0. The molecule has 1 aromatic rings. The summed E-state index contributed by atoms with van der Waals surface area (Å²) in [4.78, 5) is 0. The molecule has 1 aliphatic rings. The lowest BCUT2D eigenvalue weighted by molar-refractivity contribution is 0.413. The first-order valence-electron chi connectivity index (χ1n) is 6.19. The molecule has 1 heterocycles. The maximum Gasteiger partial charge on any atom is 0.118 e. The molecular formula is C14H21NO. The molecule has 0 aromatic heterocycles. The molecule has 0 saturated carbocycles. The summed E-state index contributed by atoms with van der Waals surface area (Å²) in [6.45, 7) is 3.47. The van der Waals surface area contributed by atoms with Crippen LogP contribution in [0.5, 0.6) is 5.75 Å². The van der Waals surface area contributed by atoms with Gasteiger partial charge >= 0.3 is 0 Å². The highest BCUT2D eigenvalue weighted by Crippen LogP contribution is 2.23. The third-order valence-corrected chi connectivity index (χ3v) is 3.63. The Morgan fingerprint density at radius 2 is 2.06 bits per heavy atom. The summed E-state index contributed by atoms with van der Waals surface area (Å²) in [7, 11) is 1.71. The monoisotopic (exact) mass is 219 g/mol. The molecule has 0 bridgehead atoms. The average Bonchev–Trinajstić information content (AvgIpc) is 2.77. The number of benzene rings is 1. The van der Waals surface area contributed by atoms with Crippen LogP contribution in [-0.4, -0.2) is 19.7 Å². The third-order valence-electron chi connectivity index (χ3n) is 3.63. The van der Waals surface area contributed by atoms with Crippen molar-refractivity contribution >= 4 is 0 Å². The molecule has 0 radical (unpaired) electrons. The van der Waals surface area contributed by atoms with Crippen molar-refractivity contribution in [2.45, 2.75) is 32.2 Å². The second kappa shape index (κ2) is 5.35. The first-order chi connectivity index (χ1) is 7.83. The Morgan fingerprint density at radius 1 is 1.31 bits per heavy atom. The summed E-state index contributed by atoms with van der Waals surface area (Å²) in [6.07, 6.45) is 3.76. The van der Waals surface area contributed by atoms with Gasteiger partial charge in [0.15, 0.2) is 0 Å². The molecule has 1 aromatic carbocycles. The van der Waals surface area contributed by atoms with E-state index in [2.05, 4.69) is 24.4 Å². The van der Waals surface area contributed by atoms with Crippen LogP contribution in [0.3, 0.4) is 0 Å². The number of hydrogen-bond acceptors (Lipinski definition) is 2. The second-order valence-corrected chi connectivity index (χ2v) is 4.57. The predicted octanol–water partition coefficient (Wildman–Crippen LogP) is 2.63. The first kappa shape index (κ1) is 11.5. The molecule has 0 aliphatic carbocycles. The fourth-order valence-corrected chi connectivity index (χ4v) is 2.57. The lowest BCUT2D eigenvalue weighted by Crippen LogP contribution is -2.28. The Balaban J connectivity index is 1.97. The van der Waals surface area contributed by atoms with Gasteiger partial charge in [0.25, 0.3) is 0 Å². The van der Waals surface area contributed by atoms with Gasteiger partial charge in [-0.05, 0) is 43.0 Å². The fourth-order valence-electron chi connectivity index (χ4n) is 2.57. The smallest absolute Gasteiger partial charge is 0.118 e. The Hall–Kier alpha value is -1.02. The predicted molar refractivity (Wildman–Crippen MR) is 66.9 cm³/mol. The van der Waals surface area contributed by atoms with E-state index in [9.17, 15) is 0 Å². The maximum absolute atomic E-state index is 5.17. The van der Waals surface area contributed by atoms with Gasteiger partial charge in [0.05, 0.1) is 7.11 Å². The molecule has 1 saturated heterocycles. The lowest BCUT2D eigenvalue weighted by atomic mass is 9.93. The average molecular weight is 219 g/mol. The molecule has 2 heteroatoms. The SMILES string of the molecule is CCC1CCNC1Cc1ccc(OC)cc1. The van der Waals surface area contributed by atoms with Crippen molar-refractivity contribution in [3.05, 3.63) is 29.8 Å². The molecule has 88 valence electrons. The zero-order valence-electron chi connectivity index (χ0n) is 10.2. The fraction of sp³-hybridized carbons (Fsp3) is 0.571. The molecule has 16 heavy (non-hydrogen) atoms. The minimum atomic E-state index is 0.665. The van der Waals surface area contributed by atoms with Gasteiger partial charge in [-0.15, -0.1) is 0 Å². The van der Waals surface area contributed by atoms with Crippen molar-refractivity contribution in [3.8, 4) is 5.75 Å². The van der Waals surface area contributed by atoms with Gasteiger partial charge in [-0.3, -0.25) is 0 Å². The van der Waals surface area contributed by atoms with Crippen LogP contribution in [-0.2, 0) is 6.42 Å². The second-order valence-electron chi connectivity index (χ2n) is 4.57. The normalized spacial score (nSPS) is 24.6. The van der Waals surface area contributed by atoms with E-state index in [-0.39, 0.29) is 0 Å².